The van der Waals surface area contributed by atoms with Gasteiger partial charge in [0.05, 0.1) is 11.8 Å². The Hall–Kier alpha value is -0.620. The Morgan fingerprint density at radius 1 is 1.24 bits per heavy atom. The molecule has 6 heteroatoms. The van der Waals surface area contributed by atoms with Crippen LogP contribution in [-0.4, -0.2) is 49.9 Å². The lowest BCUT2D eigenvalue weighted by molar-refractivity contribution is -0.135. The average Bonchev–Trinajstić information content (AvgIpc) is 2.88. The van der Waals surface area contributed by atoms with Gasteiger partial charge in [0.1, 0.15) is 9.84 Å². The first-order chi connectivity index (χ1) is 9.70. The molecule has 1 fully saturated rings. The standard InChI is InChI=1S/C15H30N2O3S/c1-12(2)8-10-17(13-6-4-5-7-13)15(18)14(16)9-11-21(3,19)20/h12-14H,4-11,16H2,1-3H3. The van der Waals surface area contributed by atoms with Gasteiger partial charge in [-0.1, -0.05) is 26.7 Å². The molecule has 1 aliphatic carbocycles. The van der Waals surface area contributed by atoms with E-state index in [0.717, 1.165) is 38.6 Å². The van der Waals surface area contributed by atoms with E-state index < -0.39 is 15.9 Å². The topological polar surface area (TPSA) is 80.5 Å². The summed E-state index contributed by atoms with van der Waals surface area (Å²) >= 11 is 0. The second kappa shape index (κ2) is 8.13. The minimum Gasteiger partial charge on any atom is -0.338 e. The molecule has 1 atom stereocenters. The molecule has 0 aromatic rings. The zero-order chi connectivity index (χ0) is 16.0. The number of sulfone groups is 1. The largest absolute Gasteiger partial charge is 0.338 e. The maximum atomic E-state index is 12.6. The minimum atomic E-state index is -3.07. The van der Waals surface area contributed by atoms with Crippen LogP contribution >= 0.6 is 0 Å². The molecule has 0 radical (unpaired) electrons. The van der Waals surface area contributed by atoms with Crippen molar-refractivity contribution in [3.05, 3.63) is 0 Å². The number of amides is 1. The average molecular weight is 318 g/mol. The highest BCUT2D eigenvalue weighted by Crippen LogP contribution is 2.25. The maximum absolute atomic E-state index is 12.6. The van der Waals surface area contributed by atoms with Crippen molar-refractivity contribution in [3.8, 4) is 0 Å². The molecule has 0 aromatic carbocycles. The number of carbonyl (C=O) groups excluding carboxylic acids is 1. The Morgan fingerprint density at radius 3 is 2.29 bits per heavy atom. The Bertz CT molecular complexity index is 428. The fourth-order valence-corrected chi connectivity index (χ4v) is 3.45. The lowest BCUT2D eigenvalue weighted by Gasteiger charge is -2.32. The van der Waals surface area contributed by atoms with E-state index in [0.29, 0.717) is 12.0 Å². The summed E-state index contributed by atoms with van der Waals surface area (Å²) in [6.07, 6.45) is 6.76. The third kappa shape index (κ3) is 6.78. The Kier molecular flexibility index (Phi) is 7.13. The monoisotopic (exact) mass is 318 g/mol. The molecule has 2 N–H and O–H groups in total. The van der Waals surface area contributed by atoms with Gasteiger partial charge in [-0.3, -0.25) is 4.79 Å². The van der Waals surface area contributed by atoms with Crippen LogP contribution in [0.15, 0.2) is 0 Å². The van der Waals surface area contributed by atoms with Gasteiger partial charge in [-0.2, -0.15) is 0 Å². The highest BCUT2D eigenvalue weighted by molar-refractivity contribution is 7.90. The van der Waals surface area contributed by atoms with Gasteiger partial charge in [0.2, 0.25) is 5.91 Å². The summed E-state index contributed by atoms with van der Waals surface area (Å²) < 4.78 is 22.4. The predicted molar refractivity (Wildman–Crippen MR) is 85.7 cm³/mol. The highest BCUT2D eigenvalue weighted by atomic mass is 32.2. The molecule has 1 rings (SSSR count). The van der Waals surface area contributed by atoms with E-state index in [1.165, 1.54) is 6.26 Å². The zero-order valence-corrected chi connectivity index (χ0v) is 14.4. The molecule has 0 heterocycles. The van der Waals surface area contributed by atoms with E-state index in [4.69, 9.17) is 5.73 Å². The van der Waals surface area contributed by atoms with Crippen molar-refractivity contribution in [1.82, 2.24) is 4.90 Å². The molecule has 5 nitrogen and oxygen atoms in total. The molecule has 124 valence electrons. The molecule has 0 spiro atoms. The highest BCUT2D eigenvalue weighted by Gasteiger charge is 2.29. The van der Waals surface area contributed by atoms with Gasteiger partial charge in [0, 0.05) is 18.8 Å². The molecule has 0 saturated heterocycles. The maximum Gasteiger partial charge on any atom is 0.239 e. The molecular weight excluding hydrogens is 288 g/mol. The van der Waals surface area contributed by atoms with Gasteiger partial charge >= 0.3 is 0 Å². The van der Waals surface area contributed by atoms with Gasteiger partial charge in [-0.05, 0) is 31.6 Å². The van der Waals surface area contributed by atoms with Crippen molar-refractivity contribution in [2.24, 2.45) is 11.7 Å². The Labute approximate surface area is 129 Å². The van der Waals surface area contributed by atoms with Crippen molar-refractivity contribution < 1.29 is 13.2 Å². The normalized spacial score (nSPS) is 18.1. The molecule has 0 aliphatic heterocycles. The Morgan fingerprint density at radius 2 is 1.81 bits per heavy atom. The van der Waals surface area contributed by atoms with Crippen LogP contribution in [-0.2, 0) is 14.6 Å². The van der Waals surface area contributed by atoms with Crippen LogP contribution in [0.5, 0.6) is 0 Å². The van der Waals surface area contributed by atoms with Crippen molar-refractivity contribution in [2.45, 2.75) is 64.5 Å². The summed E-state index contributed by atoms with van der Waals surface area (Å²) in [5, 5.41) is 0. The molecule has 0 aromatic heterocycles. The number of rotatable bonds is 8. The first kappa shape index (κ1) is 18.4. The number of hydrogen-bond donors (Lipinski definition) is 1. The Balaban J connectivity index is 2.64. The van der Waals surface area contributed by atoms with Crippen molar-refractivity contribution in [2.75, 3.05) is 18.6 Å². The quantitative estimate of drug-likeness (QED) is 0.736. The summed E-state index contributed by atoms with van der Waals surface area (Å²) in [6.45, 7) is 5.01. The molecule has 1 saturated carbocycles. The van der Waals surface area contributed by atoms with Crippen molar-refractivity contribution >= 4 is 15.7 Å². The first-order valence-corrected chi connectivity index (χ1v) is 10.0. The van der Waals surface area contributed by atoms with Crippen LogP contribution in [0.4, 0.5) is 0 Å². The van der Waals surface area contributed by atoms with Gasteiger partial charge < -0.3 is 10.6 Å². The second-order valence-electron chi connectivity index (χ2n) is 6.68. The fourth-order valence-electron chi connectivity index (χ4n) is 2.76. The summed E-state index contributed by atoms with van der Waals surface area (Å²) in [6, 6.07) is -0.409. The van der Waals surface area contributed by atoms with E-state index in [1.54, 1.807) is 0 Å². The second-order valence-corrected chi connectivity index (χ2v) is 8.94. The molecule has 1 unspecified atom stereocenters. The minimum absolute atomic E-state index is 0.0252. The third-order valence-electron chi connectivity index (χ3n) is 4.11. The summed E-state index contributed by atoms with van der Waals surface area (Å²) in [5.74, 6) is 0.433. The zero-order valence-electron chi connectivity index (χ0n) is 13.5. The summed E-state index contributed by atoms with van der Waals surface area (Å²) in [7, 11) is -3.07. The van der Waals surface area contributed by atoms with Crippen LogP contribution in [0.2, 0.25) is 0 Å². The summed E-state index contributed by atoms with van der Waals surface area (Å²) in [4.78, 5) is 14.5. The van der Waals surface area contributed by atoms with Gasteiger partial charge in [0.25, 0.3) is 0 Å². The van der Waals surface area contributed by atoms with Crippen LogP contribution in [0, 0.1) is 5.92 Å². The molecule has 0 bridgehead atoms. The van der Waals surface area contributed by atoms with Crippen LogP contribution in [0.1, 0.15) is 52.4 Å². The van der Waals surface area contributed by atoms with Crippen molar-refractivity contribution in [3.63, 3.8) is 0 Å². The van der Waals surface area contributed by atoms with E-state index >= 15 is 0 Å². The van der Waals surface area contributed by atoms with Gasteiger partial charge in [-0.25, -0.2) is 8.42 Å². The van der Waals surface area contributed by atoms with Gasteiger partial charge in [0.15, 0.2) is 0 Å². The molecule has 1 amide bonds. The van der Waals surface area contributed by atoms with Crippen LogP contribution < -0.4 is 5.73 Å². The SMILES string of the molecule is CC(C)CCN(C(=O)C(N)CCS(C)(=O)=O)C1CCCC1. The number of carbonyl (C=O) groups is 1. The lowest BCUT2D eigenvalue weighted by Crippen LogP contribution is -2.49. The van der Waals surface area contributed by atoms with Crippen LogP contribution in [0.3, 0.4) is 0 Å². The first-order valence-electron chi connectivity index (χ1n) is 7.94. The van der Waals surface area contributed by atoms with E-state index in [-0.39, 0.29) is 18.1 Å². The lowest BCUT2D eigenvalue weighted by atomic mass is 10.1. The number of hydrogen-bond acceptors (Lipinski definition) is 4. The fraction of sp³-hybridized carbons (Fsp3) is 0.933. The van der Waals surface area contributed by atoms with Crippen molar-refractivity contribution in [1.29, 1.82) is 0 Å². The van der Waals surface area contributed by atoms with E-state index in [9.17, 15) is 13.2 Å². The number of nitrogens with zero attached hydrogens (tertiary/aromatic N) is 1. The third-order valence-corrected chi connectivity index (χ3v) is 5.09. The van der Waals surface area contributed by atoms with E-state index in [1.807, 2.05) is 4.90 Å². The van der Waals surface area contributed by atoms with Crippen LogP contribution in [0.25, 0.3) is 0 Å². The molecule has 21 heavy (non-hydrogen) atoms. The van der Waals surface area contributed by atoms with Gasteiger partial charge in [-0.15, -0.1) is 0 Å². The summed E-state index contributed by atoms with van der Waals surface area (Å²) in [5.41, 5.74) is 5.94. The van der Waals surface area contributed by atoms with E-state index in [2.05, 4.69) is 13.8 Å². The predicted octanol–water partition coefficient (Wildman–Crippen LogP) is 1.57. The number of nitrogens with two attached hydrogens (primary N) is 1. The molecule has 1 aliphatic rings. The smallest absolute Gasteiger partial charge is 0.239 e. The molecular formula is C15H30N2O3S.